The van der Waals surface area contributed by atoms with Crippen LogP contribution in [0.15, 0.2) is 12.1 Å². The van der Waals surface area contributed by atoms with E-state index in [0.29, 0.717) is 17.9 Å². The number of hydrogen-bond acceptors (Lipinski definition) is 1. The quantitative estimate of drug-likeness (QED) is 0.800. The van der Waals surface area contributed by atoms with E-state index < -0.39 is 0 Å². The van der Waals surface area contributed by atoms with Crippen LogP contribution in [-0.4, -0.2) is 6.54 Å². The Morgan fingerprint density at radius 3 is 2.22 bits per heavy atom. The minimum Gasteiger partial charge on any atom is -0.310 e. The third kappa shape index (κ3) is 3.49. The van der Waals surface area contributed by atoms with E-state index in [4.69, 9.17) is 11.6 Å². The lowest BCUT2D eigenvalue weighted by Crippen LogP contribution is -2.30. The zero-order valence-corrected chi connectivity index (χ0v) is 13.2. The van der Waals surface area contributed by atoms with Crippen LogP contribution < -0.4 is 5.32 Å². The van der Waals surface area contributed by atoms with Gasteiger partial charge in [-0.1, -0.05) is 45.4 Å². The van der Waals surface area contributed by atoms with Crippen molar-refractivity contribution in [3.8, 4) is 0 Å². The van der Waals surface area contributed by atoms with E-state index in [9.17, 15) is 0 Å². The molecule has 1 rings (SSSR count). The zero-order chi connectivity index (χ0) is 13.9. The molecule has 0 radical (unpaired) electrons. The summed E-state index contributed by atoms with van der Waals surface area (Å²) in [6.45, 7) is 14.3. The summed E-state index contributed by atoms with van der Waals surface area (Å²) in [6.07, 6.45) is 0. The molecule has 0 amide bonds. The topological polar surface area (TPSA) is 12.0 Å². The third-order valence-electron chi connectivity index (χ3n) is 3.88. The smallest absolute Gasteiger partial charge is 0.0438 e. The lowest BCUT2D eigenvalue weighted by molar-refractivity contribution is 0.306. The average molecular weight is 268 g/mol. The molecule has 0 spiro atoms. The van der Waals surface area contributed by atoms with Crippen molar-refractivity contribution in [3.63, 3.8) is 0 Å². The Labute approximate surface area is 117 Å². The molecule has 0 heterocycles. The van der Waals surface area contributed by atoms with Crippen LogP contribution in [0, 0.1) is 25.7 Å². The molecule has 1 nitrogen and oxygen atoms in total. The minimum atomic E-state index is 0.408. The van der Waals surface area contributed by atoms with Gasteiger partial charge in [-0.15, -0.1) is 0 Å². The number of halogens is 1. The Morgan fingerprint density at radius 2 is 1.72 bits per heavy atom. The fourth-order valence-electron chi connectivity index (χ4n) is 2.32. The monoisotopic (exact) mass is 267 g/mol. The Kier molecular flexibility index (Phi) is 5.68. The molecule has 0 bridgehead atoms. The Bertz CT molecular complexity index is 398. The van der Waals surface area contributed by atoms with Gasteiger partial charge >= 0.3 is 0 Å². The van der Waals surface area contributed by atoms with Crippen LogP contribution in [-0.2, 0) is 0 Å². The summed E-state index contributed by atoms with van der Waals surface area (Å²) >= 11 is 6.19. The van der Waals surface area contributed by atoms with Crippen molar-refractivity contribution in [2.24, 2.45) is 11.8 Å². The van der Waals surface area contributed by atoms with Crippen molar-refractivity contribution in [1.29, 1.82) is 0 Å². The summed E-state index contributed by atoms with van der Waals surface area (Å²) in [5, 5.41) is 4.49. The van der Waals surface area contributed by atoms with Crippen LogP contribution in [0.25, 0.3) is 0 Å². The summed E-state index contributed by atoms with van der Waals surface area (Å²) in [6, 6.07) is 4.74. The van der Waals surface area contributed by atoms with Gasteiger partial charge in [0.05, 0.1) is 0 Å². The van der Waals surface area contributed by atoms with Crippen molar-refractivity contribution < 1.29 is 0 Å². The first-order valence-corrected chi connectivity index (χ1v) is 7.26. The second-order valence-electron chi connectivity index (χ2n) is 5.60. The Balaban J connectivity index is 3.17. The molecule has 1 aromatic carbocycles. The van der Waals surface area contributed by atoms with E-state index in [1.165, 1.54) is 11.1 Å². The highest BCUT2D eigenvalue weighted by Gasteiger charge is 2.23. The second-order valence-corrected chi connectivity index (χ2v) is 6.00. The van der Waals surface area contributed by atoms with Crippen LogP contribution in [0.4, 0.5) is 0 Å². The van der Waals surface area contributed by atoms with Gasteiger partial charge in [-0.05, 0) is 55.0 Å². The van der Waals surface area contributed by atoms with E-state index in [1.807, 2.05) is 0 Å². The summed E-state index contributed by atoms with van der Waals surface area (Å²) in [5.41, 5.74) is 3.83. The molecule has 0 aliphatic carbocycles. The molecule has 18 heavy (non-hydrogen) atoms. The highest BCUT2D eigenvalue weighted by atomic mass is 35.5. The van der Waals surface area contributed by atoms with Gasteiger partial charge in [-0.25, -0.2) is 0 Å². The molecular formula is C16H26ClN. The molecule has 102 valence electrons. The van der Waals surface area contributed by atoms with Crippen molar-refractivity contribution in [2.45, 2.75) is 47.6 Å². The van der Waals surface area contributed by atoms with Gasteiger partial charge in [0.2, 0.25) is 0 Å². The van der Waals surface area contributed by atoms with Crippen LogP contribution in [0.2, 0.25) is 5.02 Å². The maximum atomic E-state index is 6.19. The first-order valence-electron chi connectivity index (χ1n) is 6.88. The van der Waals surface area contributed by atoms with Crippen LogP contribution in [0.5, 0.6) is 0 Å². The summed E-state index contributed by atoms with van der Waals surface area (Å²) in [5.74, 6) is 1.26. The number of aryl methyl sites for hydroxylation is 2. The van der Waals surface area contributed by atoms with Crippen LogP contribution in [0.3, 0.4) is 0 Å². The Morgan fingerprint density at radius 1 is 1.11 bits per heavy atom. The number of hydrogen-bond donors (Lipinski definition) is 1. The highest BCUT2D eigenvalue weighted by molar-refractivity contribution is 6.31. The summed E-state index contributed by atoms with van der Waals surface area (Å²) < 4.78 is 0. The molecule has 2 unspecified atom stereocenters. The molecule has 0 aliphatic heterocycles. The number of nitrogens with one attached hydrogen (secondary N) is 1. The predicted octanol–water partition coefficient (Wildman–Crippen LogP) is 4.90. The maximum Gasteiger partial charge on any atom is 0.0438 e. The lowest BCUT2D eigenvalue weighted by atomic mass is 9.84. The van der Waals surface area contributed by atoms with Crippen molar-refractivity contribution in [1.82, 2.24) is 5.32 Å². The van der Waals surface area contributed by atoms with Gasteiger partial charge in [-0.3, -0.25) is 0 Å². The largest absolute Gasteiger partial charge is 0.310 e. The van der Waals surface area contributed by atoms with E-state index in [1.54, 1.807) is 0 Å². The fourth-order valence-corrected chi connectivity index (χ4v) is 2.54. The van der Waals surface area contributed by atoms with Crippen molar-refractivity contribution in [2.75, 3.05) is 6.54 Å². The van der Waals surface area contributed by atoms with Gasteiger partial charge in [0.25, 0.3) is 0 Å². The molecular weight excluding hydrogens is 242 g/mol. The van der Waals surface area contributed by atoms with Crippen molar-refractivity contribution >= 4 is 11.6 Å². The molecule has 0 fully saturated rings. The van der Waals surface area contributed by atoms with E-state index in [0.717, 1.165) is 17.1 Å². The molecule has 0 aliphatic rings. The predicted molar refractivity (Wildman–Crippen MR) is 81.3 cm³/mol. The lowest BCUT2D eigenvalue weighted by Gasteiger charge is -2.30. The minimum absolute atomic E-state index is 0.408. The molecule has 1 aromatic rings. The molecule has 2 heteroatoms. The molecule has 1 N–H and O–H groups in total. The van der Waals surface area contributed by atoms with E-state index in [2.05, 4.69) is 59.0 Å². The van der Waals surface area contributed by atoms with Crippen molar-refractivity contribution in [3.05, 3.63) is 33.8 Å². The molecule has 0 aromatic heterocycles. The summed E-state index contributed by atoms with van der Waals surface area (Å²) in [4.78, 5) is 0. The first-order chi connectivity index (χ1) is 8.38. The first kappa shape index (κ1) is 15.5. The van der Waals surface area contributed by atoms with Crippen LogP contribution >= 0.6 is 11.6 Å². The maximum absolute atomic E-state index is 6.19. The summed E-state index contributed by atoms with van der Waals surface area (Å²) in [7, 11) is 0. The average Bonchev–Trinajstić information content (AvgIpc) is 2.30. The SMILES string of the molecule is CCNC(c1cc(C)c(Cl)cc1C)C(C)C(C)C. The zero-order valence-electron chi connectivity index (χ0n) is 12.5. The number of rotatable bonds is 5. The van der Waals surface area contributed by atoms with Gasteiger partial charge < -0.3 is 5.32 Å². The molecule has 2 atom stereocenters. The Hall–Kier alpha value is -0.530. The standard InChI is InChI=1S/C16H26ClN/c1-7-18-16(13(6)10(2)3)14-8-12(5)15(17)9-11(14)4/h8-10,13,16,18H,7H2,1-6H3. The molecule has 0 saturated carbocycles. The normalized spacial score (nSPS) is 14.9. The second kappa shape index (κ2) is 6.58. The van der Waals surface area contributed by atoms with E-state index in [-0.39, 0.29) is 0 Å². The van der Waals surface area contributed by atoms with Gasteiger partial charge in [0.15, 0.2) is 0 Å². The fraction of sp³-hybridized carbons (Fsp3) is 0.625. The number of benzene rings is 1. The van der Waals surface area contributed by atoms with Gasteiger partial charge in [0, 0.05) is 11.1 Å². The highest BCUT2D eigenvalue weighted by Crippen LogP contribution is 2.32. The third-order valence-corrected chi connectivity index (χ3v) is 4.29. The van der Waals surface area contributed by atoms with Gasteiger partial charge in [-0.2, -0.15) is 0 Å². The molecule has 0 saturated heterocycles. The van der Waals surface area contributed by atoms with Gasteiger partial charge in [0.1, 0.15) is 0 Å². The van der Waals surface area contributed by atoms with Crippen LogP contribution in [0.1, 0.15) is 50.4 Å². The van der Waals surface area contributed by atoms with E-state index >= 15 is 0 Å².